The Balaban J connectivity index is 0.000000118. The number of pyridine rings is 3. The van der Waals surface area contributed by atoms with Crippen molar-refractivity contribution in [3.05, 3.63) is 88.8 Å². The van der Waals surface area contributed by atoms with Crippen molar-refractivity contribution in [1.82, 2.24) is 15.0 Å². The van der Waals surface area contributed by atoms with Gasteiger partial charge < -0.3 is 17.2 Å². The third-order valence-electron chi connectivity index (χ3n) is 6.79. The normalized spacial score (nSPS) is 22.8. The number of hydrogen-bond acceptors (Lipinski definition) is 6. The van der Waals surface area contributed by atoms with Crippen LogP contribution in [0.25, 0.3) is 0 Å². The molecule has 6 nitrogen and oxygen atoms in total. The predicted molar refractivity (Wildman–Crippen MR) is 132 cm³/mol. The Morgan fingerprint density at radius 1 is 0.636 bits per heavy atom. The zero-order chi connectivity index (χ0) is 23.0. The SMILES string of the molecule is NC1CCCc2cccnc21.NC1CCCc2cnccc21.NC1CCCc2ncccc21. The number of fused-ring (bicyclic) bond motifs is 3. The Hall–Kier alpha value is -2.67. The third-order valence-corrected chi connectivity index (χ3v) is 6.79. The van der Waals surface area contributed by atoms with E-state index in [1.807, 2.05) is 43.0 Å². The largest absolute Gasteiger partial charge is 0.324 e. The molecule has 0 saturated heterocycles. The smallest absolute Gasteiger partial charge is 0.0602 e. The zero-order valence-corrected chi connectivity index (χ0v) is 19.4. The summed E-state index contributed by atoms with van der Waals surface area (Å²) in [6.45, 7) is 0. The van der Waals surface area contributed by atoms with Crippen LogP contribution in [0.3, 0.4) is 0 Å². The summed E-state index contributed by atoms with van der Waals surface area (Å²) in [5, 5.41) is 0. The van der Waals surface area contributed by atoms with Crippen LogP contribution in [0, 0.1) is 0 Å². The summed E-state index contributed by atoms with van der Waals surface area (Å²) in [6.07, 6.45) is 17.8. The second-order valence-corrected chi connectivity index (χ2v) is 9.16. The summed E-state index contributed by atoms with van der Waals surface area (Å²) in [6, 6.07) is 10.9. The van der Waals surface area contributed by atoms with Crippen LogP contribution in [0.1, 0.15) is 90.3 Å². The number of aromatic nitrogens is 3. The van der Waals surface area contributed by atoms with Gasteiger partial charge in [-0.3, -0.25) is 15.0 Å². The van der Waals surface area contributed by atoms with Gasteiger partial charge in [-0.25, -0.2) is 0 Å². The quantitative estimate of drug-likeness (QED) is 0.477. The summed E-state index contributed by atoms with van der Waals surface area (Å²) in [5.41, 5.74) is 25.2. The number of aryl methyl sites for hydroxylation is 3. The molecule has 3 atom stereocenters. The van der Waals surface area contributed by atoms with Crippen molar-refractivity contribution in [1.29, 1.82) is 0 Å². The summed E-state index contributed by atoms with van der Waals surface area (Å²) in [4.78, 5) is 12.6. The van der Waals surface area contributed by atoms with Crippen LogP contribution in [-0.4, -0.2) is 15.0 Å². The molecule has 0 amide bonds. The van der Waals surface area contributed by atoms with Crippen molar-refractivity contribution in [2.75, 3.05) is 0 Å². The third kappa shape index (κ3) is 6.02. The number of rotatable bonds is 0. The Morgan fingerprint density at radius 3 is 2.06 bits per heavy atom. The van der Waals surface area contributed by atoms with Crippen LogP contribution in [0.2, 0.25) is 0 Å². The van der Waals surface area contributed by atoms with E-state index in [1.165, 1.54) is 47.2 Å². The lowest BCUT2D eigenvalue weighted by molar-refractivity contribution is 0.554. The molecule has 6 rings (SSSR count). The lowest BCUT2D eigenvalue weighted by Gasteiger charge is -2.20. The molecular formula is C27H36N6. The van der Waals surface area contributed by atoms with Crippen LogP contribution in [0.4, 0.5) is 0 Å². The first-order valence-electron chi connectivity index (χ1n) is 12.2. The molecule has 0 fully saturated rings. The van der Waals surface area contributed by atoms with E-state index in [1.54, 1.807) is 0 Å². The molecule has 0 aliphatic heterocycles. The fourth-order valence-electron chi connectivity index (χ4n) is 4.96. The molecule has 6 heteroatoms. The summed E-state index contributed by atoms with van der Waals surface area (Å²) >= 11 is 0. The zero-order valence-electron chi connectivity index (χ0n) is 19.4. The number of nitrogens with two attached hydrogens (primary N) is 3. The van der Waals surface area contributed by atoms with Crippen LogP contribution < -0.4 is 17.2 Å². The fourth-order valence-corrected chi connectivity index (χ4v) is 4.96. The lowest BCUT2D eigenvalue weighted by atomic mass is 9.90. The lowest BCUT2D eigenvalue weighted by Crippen LogP contribution is -2.18. The first kappa shape index (κ1) is 23.5. The van der Waals surface area contributed by atoms with E-state index in [4.69, 9.17) is 17.2 Å². The van der Waals surface area contributed by atoms with Gasteiger partial charge in [-0.1, -0.05) is 12.1 Å². The van der Waals surface area contributed by atoms with Gasteiger partial charge in [0, 0.05) is 48.6 Å². The van der Waals surface area contributed by atoms with Gasteiger partial charge in [0.15, 0.2) is 0 Å². The number of hydrogen-bond donors (Lipinski definition) is 3. The van der Waals surface area contributed by atoms with E-state index >= 15 is 0 Å². The molecule has 3 unspecified atom stereocenters. The molecule has 0 radical (unpaired) electrons. The van der Waals surface area contributed by atoms with Gasteiger partial charge in [0.1, 0.15) is 0 Å². The van der Waals surface area contributed by atoms with Gasteiger partial charge in [0.05, 0.1) is 5.69 Å². The average Bonchev–Trinajstić information content (AvgIpc) is 2.86. The van der Waals surface area contributed by atoms with Crippen molar-refractivity contribution < 1.29 is 0 Å². The van der Waals surface area contributed by atoms with Gasteiger partial charge >= 0.3 is 0 Å². The molecule has 3 aliphatic rings. The minimum atomic E-state index is 0.181. The Labute approximate surface area is 197 Å². The van der Waals surface area contributed by atoms with Crippen molar-refractivity contribution >= 4 is 0 Å². The van der Waals surface area contributed by atoms with Gasteiger partial charge in [0.2, 0.25) is 0 Å². The second-order valence-electron chi connectivity index (χ2n) is 9.16. The van der Waals surface area contributed by atoms with Crippen LogP contribution in [-0.2, 0) is 19.3 Å². The molecule has 6 N–H and O–H groups in total. The van der Waals surface area contributed by atoms with Crippen LogP contribution >= 0.6 is 0 Å². The summed E-state index contributed by atoms with van der Waals surface area (Å²) in [7, 11) is 0. The maximum Gasteiger partial charge on any atom is 0.0602 e. The van der Waals surface area contributed by atoms with Crippen molar-refractivity contribution in [2.24, 2.45) is 17.2 Å². The fraction of sp³-hybridized carbons (Fsp3) is 0.444. The van der Waals surface area contributed by atoms with Crippen LogP contribution in [0.5, 0.6) is 0 Å². The predicted octanol–water partition coefficient (Wildman–Crippen LogP) is 4.25. The molecule has 0 bridgehead atoms. The minimum absolute atomic E-state index is 0.181. The van der Waals surface area contributed by atoms with Crippen LogP contribution in [0.15, 0.2) is 55.1 Å². The molecule has 174 valence electrons. The van der Waals surface area contributed by atoms with Crippen molar-refractivity contribution in [2.45, 2.75) is 75.9 Å². The Bertz CT molecular complexity index is 904. The molecule has 3 aromatic rings. The van der Waals surface area contributed by atoms with E-state index in [-0.39, 0.29) is 18.1 Å². The van der Waals surface area contributed by atoms with Crippen molar-refractivity contribution in [3.63, 3.8) is 0 Å². The molecule has 3 aromatic heterocycles. The standard InChI is InChI=1S/3C9H12N2/c10-8-4-1-5-9-7(8)3-2-6-11-9;10-8-5-1-3-7-4-2-6-11-9(7)8;10-9-3-1-2-7-6-11-5-4-8(7)9/h2-3,6,8H,1,4-5,10H2;2,4,6,8H,1,3,5,10H2;4-6,9H,1-3,10H2. The van der Waals surface area contributed by atoms with E-state index < -0.39 is 0 Å². The van der Waals surface area contributed by atoms with Gasteiger partial charge in [-0.15, -0.1) is 0 Å². The molecule has 3 aliphatic carbocycles. The summed E-state index contributed by atoms with van der Waals surface area (Å²) in [5.74, 6) is 0. The first-order valence-corrected chi connectivity index (χ1v) is 12.2. The molecule has 0 aromatic carbocycles. The highest BCUT2D eigenvalue weighted by atomic mass is 14.8. The van der Waals surface area contributed by atoms with Gasteiger partial charge in [-0.2, -0.15) is 0 Å². The highest BCUT2D eigenvalue weighted by Crippen LogP contribution is 2.27. The van der Waals surface area contributed by atoms with E-state index in [0.29, 0.717) is 0 Å². The highest BCUT2D eigenvalue weighted by Gasteiger charge is 2.17. The van der Waals surface area contributed by atoms with Gasteiger partial charge in [-0.05, 0) is 98.2 Å². The highest BCUT2D eigenvalue weighted by molar-refractivity contribution is 5.28. The Morgan fingerprint density at radius 2 is 1.30 bits per heavy atom. The summed E-state index contributed by atoms with van der Waals surface area (Å²) < 4.78 is 0. The molecule has 0 spiro atoms. The van der Waals surface area contributed by atoms with Gasteiger partial charge in [0.25, 0.3) is 0 Å². The maximum atomic E-state index is 5.92. The molecule has 33 heavy (non-hydrogen) atoms. The van der Waals surface area contributed by atoms with E-state index in [2.05, 4.69) is 27.1 Å². The molecule has 3 heterocycles. The second kappa shape index (κ2) is 11.5. The van der Waals surface area contributed by atoms with E-state index in [0.717, 1.165) is 44.2 Å². The van der Waals surface area contributed by atoms with E-state index in [9.17, 15) is 0 Å². The van der Waals surface area contributed by atoms with Crippen molar-refractivity contribution in [3.8, 4) is 0 Å². The monoisotopic (exact) mass is 444 g/mol. The first-order chi connectivity index (χ1) is 16.1. The Kier molecular flexibility index (Phi) is 8.15. The molecular weight excluding hydrogens is 408 g/mol. The topological polar surface area (TPSA) is 117 Å². The minimum Gasteiger partial charge on any atom is -0.324 e. The maximum absolute atomic E-state index is 5.92. The molecule has 0 saturated carbocycles. The average molecular weight is 445 g/mol. The number of nitrogens with zero attached hydrogens (tertiary/aromatic N) is 3.